The molecule has 0 spiro atoms. The van der Waals surface area contributed by atoms with Gasteiger partial charge in [0.2, 0.25) is 0 Å². The number of hydrogen-bond acceptors (Lipinski definition) is 3. The van der Waals surface area contributed by atoms with Gasteiger partial charge >= 0.3 is 12.1 Å². The van der Waals surface area contributed by atoms with Gasteiger partial charge in [0.25, 0.3) is 0 Å². The summed E-state index contributed by atoms with van der Waals surface area (Å²) in [7, 11) is 4.09. The fourth-order valence-corrected chi connectivity index (χ4v) is 5.28. The fourth-order valence-electron chi connectivity index (χ4n) is 5.28. The number of nitrogens with one attached hydrogen (secondary N) is 1. The third kappa shape index (κ3) is 3.96. The summed E-state index contributed by atoms with van der Waals surface area (Å²) in [4.78, 5) is 24.9. The first-order valence-electron chi connectivity index (χ1n) is 10.9. The molecule has 0 saturated carbocycles. The molecule has 4 rings (SSSR count). The van der Waals surface area contributed by atoms with Crippen LogP contribution >= 0.6 is 0 Å². The van der Waals surface area contributed by atoms with Gasteiger partial charge < -0.3 is 19.6 Å². The molecule has 2 aromatic rings. The van der Waals surface area contributed by atoms with Crippen LogP contribution in [0, 0.1) is 17.3 Å². The number of benzene rings is 2. The van der Waals surface area contributed by atoms with Crippen molar-refractivity contribution in [2.24, 2.45) is 5.41 Å². The zero-order valence-electron chi connectivity index (χ0n) is 18.7. The maximum atomic E-state index is 12.8. The lowest BCUT2D eigenvalue weighted by molar-refractivity contribution is -0.880. The average molecular weight is 434 g/mol. The number of hydrogen-bond donors (Lipinski definition) is 2. The number of carbonyl (C=O) groups is 2. The highest BCUT2D eigenvalue weighted by atomic mass is 16.5. The molecule has 0 aromatic heterocycles. The first-order chi connectivity index (χ1) is 15.3. The number of nitrogens with zero attached hydrogens (tertiary/aromatic N) is 1. The van der Waals surface area contributed by atoms with Gasteiger partial charge in [-0.15, -0.1) is 5.92 Å². The Hall–Kier alpha value is -3.30. The first-order valence-corrected chi connectivity index (χ1v) is 10.9. The summed E-state index contributed by atoms with van der Waals surface area (Å²) in [6.07, 6.45) is -0.129. The van der Waals surface area contributed by atoms with Gasteiger partial charge in [0, 0.05) is 12.3 Å². The number of carboxylic acid groups (broad SMARTS) is 1. The molecule has 0 radical (unpaired) electrons. The Morgan fingerprint density at radius 1 is 1.16 bits per heavy atom. The smallest absolute Gasteiger partial charge is 0.407 e. The lowest BCUT2D eigenvalue weighted by Gasteiger charge is -2.31. The predicted molar refractivity (Wildman–Crippen MR) is 122 cm³/mol. The number of ether oxygens (including phenoxy) is 1. The van der Waals surface area contributed by atoms with Gasteiger partial charge in [-0.05, 0) is 29.2 Å². The Balaban J connectivity index is 1.51. The van der Waals surface area contributed by atoms with Crippen molar-refractivity contribution >= 4 is 12.1 Å². The zero-order chi connectivity index (χ0) is 22.9. The molecule has 0 bridgehead atoms. The maximum Gasteiger partial charge on any atom is 0.407 e. The van der Waals surface area contributed by atoms with Crippen molar-refractivity contribution in [3.63, 3.8) is 0 Å². The number of carboxylic acids is 1. The second-order valence-electron chi connectivity index (χ2n) is 9.34. The third-order valence-electron chi connectivity index (χ3n) is 6.65. The van der Waals surface area contributed by atoms with E-state index >= 15 is 0 Å². The van der Waals surface area contributed by atoms with Gasteiger partial charge in [0.05, 0.1) is 27.2 Å². The van der Waals surface area contributed by atoms with E-state index in [9.17, 15) is 14.7 Å². The molecular weight excluding hydrogens is 404 g/mol. The van der Waals surface area contributed by atoms with Crippen LogP contribution in [-0.2, 0) is 9.53 Å². The zero-order valence-corrected chi connectivity index (χ0v) is 18.7. The van der Waals surface area contributed by atoms with Crippen LogP contribution in [0.3, 0.4) is 0 Å². The van der Waals surface area contributed by atoms with E-state index in [2.05, 4.69) is 29.3 Å². The van der Waals surface area contributed by atoms with Crippen LogP contribution < -0.4 is 5.32 Å². The van der Waals surface area contributed by atoms with E-state index in [0.717, 1.165) is 28.8 Å². The topological polar surface area (TPSA) is 75.6 Å². The average Bonchev–Trinajstić information content (AvgIpc) is 3.25. The van der Waals surface area contributed by atoms with Crippen LogP contribution in [0.15, 0.2) is 48.5 Å². The lowest BCUT2D eigenvalue weighted by atomic mass is 9.79. The molecule has 166 valence electrons. The number of amides is 1. The Labute approximate surface area is 188 Å². The lowest BCUT2D eigenvalue weighted by Crippen LogP contribution is -2.54. The highest BCUT2D eigenvalue weighted by Crippen LogP contribution is 2.44. The summed E-state index contributed by atoms with van der Waals surface area (Å²) in [6, 6.07) is 15.1. The van der Waals surface area contributed by atoms with Crippen LogP contribution in [0.1, 0.15) is 30.4 Å². The molecular formula is C26H29N2O4+. The normalized spacial score (nSPS) is 21.6. The molecule has 2 aliphatic rings. The molecule has 2 aromatic carbocycles. The molecule has 6 nitrogen and oxygen atoms in total. The number of quaternary nitrogens is 1. The van der Waals surface area contributed by atoms with Gasteiger partial charge in [-0.25, -0.2) is 9.59 Å². The molecule has 1 saturated heterocycles. The summed E-state index contributed by atoms with van der Waals surface area (Å²) >= 11 is 0. The summed E-state index contributed by atoms with van der Waals surface area (Å²) in [5.41, 5.74) is 3.68. The first kappa shape index (κ1) is 21.9. The molecule has 2 N–H and O–H groups in total. The van der Waals surface area contributed by atoms with Crippen molar-refractivity contribution in [3.05, 3.63) is 59.7 Å². The standard InChI is InChI=1S/C26H28N2O4/c1-4-13-26(14-15-28(2,3)17-26)23(24(29)30)27-25(31)32-16-22-20-11-7-5-9-18(20)19-10-6-8-12-21(19)22/h5-12,22-23H,14-17H2,1-3H3,(H-,27,29,30,31)/p+1/t23-,26-/m1/s1. The van der Waals surface area contributed by atoms with E-state index in [4.69, 9.17) is 4.74 Å². The van der Waals surface area contributed by atoms with Crippen LogP contribution in [0.5, 0.6) is 0 Å². The highest BCUT2D eigenvalue weighted by molar-refractivity contribution is 5.82. The largest absolute Gasteiger partial charge is 0.480 e. The van der Waals surface area contributed by atoms with E-state index in [0.29, 0.717) is 17.4 Å². The predicted octanol–water partition coefficient (Wildman–Crippen LogP) is 3.47. The Bertz CT molecular complexity index is 1070. The van der Waals surface area contributed by atoms with Gasteiger partial charge in [-0.2, -0.15) is 0 Å². The van der Waals surface area contributed by atoms with Crippen molar-refractivity contribution < 1.29 is 23.9 Å². The van der Waals surface area contributed by atoms with Crippen molar-refractivity contribution in [1.82, 2.24) is 5.32 Å². The molecule has 1 fully saturated rings. The number of aliphatic carboxylic acids is 1. The molecule has 6 heteroatoms. The number of alkyl carbamates (subject to hydrolysis) is 1. The van der Waals surface area contributed by atoms with E-state index < -0.39 is 23.5 Å². The molecule has 32 heavy (non-hydrogen) atoms. The quantitative estimate of drug-likeness (QED) is 0.559. The number of likely N-dealkylation sites (tertiary alicyclic amines) is 1. The summed E-state index contributed by atoms with van der Waals surface area (Å²) in [5.74, 6) is 4.81. The monoisotopic (exact) mass is 433 g/mol. The molecule has 1 aliphatic carbocycles. The summed E-state index contributed by atoms with van der Waals surface area (Å²) in [6.45, 7) is 3.19. The molecule has 0 unspecified atom stereocenters. The van der Waals surface area contributed by atoms with Crippen LogP contribution in [-0.4, -0.2) is 61.5 Å². The summed E-state index contributed by atoms with van der Waals surface area (Å²) < 4.78 is 6.25. The molecule has 2 atom stereocenters. The third-order valence-corrected chi connectivity index (χ3v) is 6.65. The Morgan fingerprint density at radius 2 is 1.75 bits per heavy atom. The van der Waals surface area contributed by atoms with Crippen molar-refractivity contribution in [3.8, 4) is 23.0 Å². The van der Waals surface area contributed by atoms with Crippen LogP contribution in [0.2, 0.25) is 0 Å². The summed E-state index contributed by atoms with van der Waals surface area (Å²) in [5, 5.41) is 12.6. The number of carbonyl (C=O) groups excluding carboxylic acids is 1. The molecule has 1 heterocycles. The SMILES string of the molecule is CC#C[C@@]1([C@H](NC(=O)OCC2c3ccccc3-c3ccccc32)C(=O)O)CC[N+](C)(C)C1. The van der Waals surface area contributed by atoms with Gasteiger partial charge in [-0.3, -0.25) is 0 Å². The minimum Gasteiger partial charge on any atom is -0.480 e. The van der Waals surface area contributed by atoms with Gasteiger partial charge in [0.1, 0.15) is 12.0 Å². The Kier molecular flexibility index (Phi) is 5.70. The molecule has 1 amide bonds. The minimum absolute atomic E-state index is 0.0806. The second-order valence-corrected chi connectivity index (χ2v) is 9.34. The Morgan fingerprint density at radius 3 is 2.25 bits per heavy atom. The fraction of sp³-hybridized carbons (Fsp3) is 0.385. The maximum absolute atomic E-state index is 12.8. The molecule has 1 aliphatic heterocycles. The minimum atomic E-state index is -1.13. The van der Waals surface area contributed by atoms with Crippen molar-refractivity contribution in [2.45, 2.75) is 25.3 Å². The van der Waals surface area contributed by atoms with Crippen LogP contribution in [0.25, 0.3) is 11.1 Å². The van der Waals surface area contributed by atoms with Gasteiger partial charge in [-0.1, -0.05) is 54.5 Å². The second kappa shape index (κ2) is 8.33. The van der Waals surface area contributed by atoms with E-state index in [1.165, 1.54) is 0 Å². The van der Waals surface area contributed by atoms with E-state index in [-0.39, 0.29) is 12.5 Å². The van der Waals surface area contributed by atoms with Crippen molar-refractivity contribution in [1.29, 1.82) is 0 Å². The highest BCUT2D eigenvalue weighted by Gasteiger charge is 2.53. The van der Waals surface area contributed by atoms with E-state index in [1.54, 1.807) is 6.92 Å². The van der Waals surface area contributed by atoms with Crippen molar-refractivity contribution in [2.75, 3.05) is 33.8 Å². The number of rotatable bonds is 5. The van der Waals surface area contributed by atoms with Crippen LogP contribution in [0.4, 0.5) is 4.79 Å². The van der Waals surface area contributed by atoms with E-state index in [1.807, 2.05) is 50.5 Å². The number of fused-ring (bicyclic) bond motifs is 3. The van der Waals surface area contributed by atoms with Gasteiger partial charge in [0.15, 0.2) is 6.04 Å².